The van der Waals surface area contributed by atoms with Gasteiger partial charge in [0, 0.05) is 25.9 Å². The minimum Gasteiger partial charge on any atom is -0.481 e. The zero-order valence-electron chi connectivity index (χ0n) is 10.4. The summed E-state index contributed by atoms with van der Waals surface area (Å²) in [6, 6.07) is 3.32. The van der Waals surface area contributed by atoms with Crippen LogP contribution in [0.1, 0.15) is 23.7 Å². The molecule has 17 heavy (non-hydrogen) atoms. The van der Waals surface area contributed by atoms with Gasteiger partial charge in [0.05, 0.1) is 18.8 Å². The number of aliphatic hydroxyl groups is 1. The van der Waals surface area contributed by atoms with E-state index in [2.05, 4.69) is 4.98 Å². The Labute approximate surface area is 101 Å². The van der Waals surface area contributed by atoms with Crippen molar-refractivity contribution < 1.29 is 14.6 Å². The van der Waals surface area contributed by atoms with Crippen molar-refractivity contribution in [3.63, 3.8) is 0 Å². The lowest BCUT2D eigenvalue weighted by atomic mass is 10.2. The summed E-state index contributed by atoms with van der Waals surface area (Å²) in [6.07, 6.45) is 1.64. The molecule has 1 N–H and O–H groups in total. The molecule has 94 valence electrons. The van der Waals surface area contributed by atoms with E-state index in [-0.39, 0.29) is 5.91 Å². The van der Waals surface area contributed by atoms with Crippen LogP contribution in [0.2, 0.25) is 0 Å². The molecule has 0 radical (unpaired) electrons. The van der Waals surface area contributed by atoms with E-state index in [0.717, 1.165) is 0 Å². The fourth-order valence-electron chi connectivity index (χ4n) is 1.33. The van der Waals surface area contributed by atoms with Gasteiger partial charge in [-0.3, -0.25) is 4.79 Å². The second kappa shape index (κ2) is 6.20. The Bertz CT molecular complexity index is 363. The van der Waals surface area contributed by atoms with E-state index in [1.54, 1.807) is 31.0 Å². The van der Waals surface area contributed by atoms with Gasteiger partial charge in [0.15, 0.2) is 0 Å². The number of aliphatic hydroxyl groups excluding tert-OH is 1. The number of ether oxygens (including phenoxy) is 1. The molecule has 0 aliphatic heterocycles. The molecular weight excluding hydrogens is 220 g/mol. The highest BCUT2D eigenvalue weighted by Gasteiger charge is 2.12. The zero-order valence-corrected chi connectivity index (χ0v) is 10.4. The van der Waals surface area contributed by atoms with Crippen LogP contribution < -0.4 is 4.74 Å². The van der Waals surface area contributed by atoms with Crippen molar-refractivity contribution >= 4 is 5.91 Å². The molecule has 0 bridgehead atoms. The van der Waals surface area contributed by atoms with E-state index < -0.39 is 6.10 Å². The Kier molecular flexibility index (Phi) is 4.90. The highest BCUT2D eigenvalue weighted by Crippen LogP contribution is 2.09. The summed E-state index contributed by atoms with van der Waals surface area (Å²) in [5, 5.41) is 9.16. The Morgan fingerprint density at radius 2 is 2.29 bits per heavy atom. The molecule has 0 spiro atoms. The number of pyridine rings is 1. The van der Waals surface area contributed by atoms with E-state index >= 15 is 0 Å². The highest BCUT2D eigenvalue weighted by molar-refractivity contribution is 5.93. The van der Waals surface area contributed by atoms with Crippen molar-refractivity contribution in [2.45, 2.75) is 19.4 Å². The van der Waals surface area contributed by atoms with Gasteiger partial charge in [-0.1, -0.05) is 0 Å². The lowest BCUT2D eigenvalue weighted by Gasteiger charge is -2.17. The molecule has 1 unspecified atom stereocenters. The lowest BCUT2D eigenvalue weighted by molar-refractivity contribution is 0.0768. The SMILES string of the molecule is COc1ccc(C(=O)N(C)CCC(C)O)cn1. The summed E-state index contributed by atoms with van der Waals surface area (Å²) in [7, 11) is 3.23. The third-order valence-corrected chi connectivity index (χ3v) is 2.42. The smallest absolute Gasteiger partial charge is 0.255 e. The molecule has 5 nitrogen and oxygen atoms in total. The van der Waals surface area contributed by atoms with E-state index in [4.69, 9.17) is 9.84 Å². The van der Waals surface area contributed by atoms with E-state index in [0.29, 0.717) is 24.4 Å². The predicted molar refractivity (Wildman–Crippen MR) is 64.0 cm³/mol. The number of nitrogens with zero attached hydrogens (tertiary/aromatic N) is 2. The van der Waals surface area contributed by atoms with Gasteiger partial charge in [0.1, 0.15) is 0 Å². The fourth-order valence-corrected chi connectivity index (χ4v) is 1.33. The lowest BCUT2D eigenvalue weighted by Crippen LogP contribution is -2.29. The van der Waals surface area contributed by atoms with Gasteiger partial charge >= 0.3 is 0 Å². The summed E-state index contributed by atoms with van der Waals surface area (Å²) in [4.78, 5) is 17.5. The Morgan fingerprint density at radius 1 is 1.59 bits per heavy atom. The van der Waals surface area contributed by atoms with Gasteiger partial charge in [-0.25, -0.2) is 4.98 Å². The minimum absolute atomic E-state index is 0.110. The van der Waals surface area contributed by atoms with Crippen molar-refractivity contribution in [2.75, 3.05) is 20.7 Å². The second-order valence-electron chi connectivity index (χ2n) is 3.95. The zero-order chi connectivity index (χ0) is 12.8. The summed E-state index contributed by atoms with van der Waals surface area (Å²) in [6.45, 7) is 2.22. The average Bonchev–Trinajstić information content (AvgIpc) is 2.35. The van der Waals surface area contributed by atoms with Gasteiger partial charge in [0.25, 0.3) is 5.91 Å². The molecule has 0 aromatic carbocycles. The molecule has 1 atom stereocenters. The number of methoxy groups -OCH3 is 1. The first kappa shape index (κ1) is 13.4. The number of carbonyl (C=O) groups excluding carboxylic acids is 1. The standard InChI is InChI=1S/C12H18N2O3/c1-9(15)6-7-14(2)12(16)10-4-5-11(17-3)13-8-10/h4-5,8-9,15H,6-7H2,1-3H3. The van der Waals surface area contributed by atoms with Crippen molar-refractivity contribution in [2.24, 2.45) is 0 Å². The number of aromatic nitrogens is 1. The van der Waals surface area contributed by atoms with Gasteiger partial charge in [-0.05, 0) is 19.4 Å². The molecule has 1 rings (SSSR count). The van der Waals surface area contributed by atoms with Crippen LogP contribution in [0.15, 0.2) is 18.3 Å². The van der Waals surface area contributed by atoms with Gasteiger partial charge in [-0.2, -0.15) is 0 Å². The fraction of sp³-hybridized carbons (Fsp3) is 0.500. The molecular formula is C12H18N2O3. The third kappa shape index (κ3) is 4.03. The minimum atomic E-state index is -0.403. The quantitative estimate of drug-likeness (QED) is 0.829. The molecule has 1 heterocycles. The van der Waals surface area contributed by atoms with E-state index in [1.165, 1.54) is 13.3 Å². The van der Waals surface area contributed by atoms with Gasteiger partial charge < -0.3 is 14.7 Å². The molecule has 1 amide bonds. The number of hydrogen-bond acceptors (Lipinski definition) is 4. The maximum Gasteiger partial charge on any atom is 0.255 e. The highest BCUT2D eigenvalue weighted by atomic mass is 16.5. The largest absolute Gasteiger partial charge is 0.481 e. The average molecular weight is 238 g/mol. The molecule has 0 aliphatic rings. The normalized spacial score (nSPS) is 12.0. The maximum absolute atomic E-state index is 11.9. The molecule has 0 saturated heterocycles. The van der Waals surface area contributed by atoms with E-state index in [9.17, 15) is 4.79 Å². The van der Waals surface area contributed by atoms with Crippen LogP contribution in [-0.2, 0) is 0 Å². The van der Waals surface area contributed by atoms with Crippen molar-refractivity contribution in [1.82, 2.24) is 9.88 Å². The molecule has 0 aliphatic carbocycles. The monoisotopic (exact) mass is 238 g/mol. The molecule has 5 heteroatoms. The number of hydrogen-bond donors (Lipinski definition) is 1. The molecule has 0 saturated carbocycles. The van der Waals surface area contributed by atoms with Crippen LogP contribution >= 0.6 is 0 Å². The van der Waals surface area contributed by atoms with Crippen LogP contribution in [0.5, 0.6) is 5.88 Å². The molecule has 1 aromatic heterocycles. The van der Waals surface area contributed by atoms with Crippen LogP contribution in [0.4, 0.5) is 0 Å². The van der Waals surface area contributed by atoms with Crippen LogP contribution in [0.3, 0.4) is 0 Å². The summed E-state index contributed by atoms with van der Waals surface area (Å²) in [5.41, 5.74) is 0.513. The van der Waals surface area contributed by atoms with Crippen LogP contribution in [0, 0.1) is 0 Å². The third-order valence-electron chi connectivity index (χ3n) is 2.42. The van der Waals surface area contributed by atoms with Gasteiger partial charge in [0.2, 0.25) is 5.88 Å². The first-order valence-corrected chi connectivity index (χ1v) is 5.48. The van der Waals surface area contributed by atoms with Crippen molar-refractivity contribution in [1.29, 1.82) is 0 Å². The van der Waals surface area contributed by atoms with Crippen LogP contribution in [0.25, 0.3) is 0 Å². The first-order valence-electron chi connectivity index (χ1n) is 5.48. The number of carbonyl (C=O) groups is 1. The van der Waals surface area contributed by atoms with Gasteiger partial charge in [-0.15, -0.1) is 0 Å². The summed E-state index contributed by atoms with van der Waals surface area (Å²) in [5.74, 6) is 0.369. The number of amides is 1. The maximum atomic E-state index is 11.9. The topological polar surface area (TPSA) is 62.7 Å². The Hall–Kier alpha value is -1.62. The van der Waals surface area contributed by atoms with Crippen molar-refractivity contribution in [3.8, 4) is 5.88 Å². The van der Waals surface area contributed by atoms with E-state index in [1.807, 2.05) is 0 Å². The van der Waals surface area contributed by atoms with Crippen molar-refractivity contribution in [3.05, 3.63) is 23.9 Å². The Balaban J connectivity index is 2.61. The van der Waals surface area contributed by atoms with Crippen LogP contribution in [-0.4, -0.2) is 47.7 Å². The second-order valence-corrected chi connectivity index (χ2v) is 3.95. The first-order chi connectivity index (χ1) is 8.04. The molecule has 1 aromatic rings. The summed E-state index contributed by atoms with van der Waals surface area (Å²) >= 11 is 0. The Morgan fingerprint density at radius 3 is 2.76 bits per heavy atom. The molecule has 0 fully saturated rings. The predicted octanol–water partition coefficient (Wildman–Crippen LogP) is 0.933. The number of rotatable bonds is 5. The summed E-state index contributed by atoms with van der Waals surface area (Å²) < 4.78 is 4.92.